The first kappa shape index (κ1) is 21.1. The fourth-order valence-corrected chi connectivity index (χ4v) is 4.31. The van der Waals surface area contributed by atoms with Crippen LogP contribution in [0.5, 0.6) is 5.75 Å². The van der Waals surface area contributed by atoms with Gasteiger partial charge in [0.2, 0.25) is 0 Å². The van der Waals surface area contributed by atoms with Crippen LogP contribution in [0.15, 0.2) is 48.0 Å². The third-order valence-electron chi connectivity index (χ3n) is 5.95. The molecule has 0 spiro atoms. The van der Waals surface area contributed by atoms with Crippen LogP contribution < -0.4 is 4.74 Å². The molecular weight excluding hydrogens is 394 g/mol. The summed E-state index contributed by atoms with van der Waals surface area (Å²) in [5.41, 5.74) is 3.54. The van der Waals surface area contributed by atoms with Crippen LogP contribution in [0.3, 0.4) is 0 Å². The van der Waals surface area contributed by atoms with Gasteiger partial charge < -0.3 is 19.5 Å². The Kier molecular flexibility index (Phi) is 5.83. The quantitative estimate of drug-likeness (QED) is 0.438. The molecule has 2 heterocycles. The zero-order valence-electron chi connectivity index (χ0n) is 18.1. The van der Waals surface area contributed by atoms with E-state index < -0.39 is 17.7 Å². The number of aliphatic hydroxyl groups is 1. The Bertz CT molecular complexity index is 1040. The van der Waals surface area contributed by atoms with Gasteiger partial charge in [-0.05, 0) is 48.2 Å². The van der Waals surface area contributed by atoms with Crippen LogP contribution in [0.25, 0.3) is 5.76 Å². The number of hydrogen-bond acceptors (Lipinski definition) is 5. The van der Waals surface area contributed by atoms with Crippen molar-refractivity contribution in [2.45, 2.75) is 38.8 Å². The summed E-state index contributed by atoms with van der Waals surface area (Å²) in [6.07, 6.45) is 1.70. The summed E-state index contributed by atoms with van der Waals surface area (Å²) in [5, 5.41) is 11.2. The predicted molar refractivity (Wildman–Crippen MR) is 117 cm³/mol. The van der Waals surface area contributed by atoms with Crippen molar-refractivity contribution in [2.75, 3.05) is 20.3 Å². The lowest BCUT2D eigenvalue weighted by Crippen LogP contribution is -2.32. The van der Waals surface area contributed by atoms with Gasteiger partial charge >= 0.3 is 0 Å². The molecule has 2 aromatic carbocycles. The number of likely N-dealkylation sites (tertiary alicyclic amines) is 1. The maximum Gasteiger partial charge on any atom is 0.295 e. The number of hydrogen-bond donors (Lipinski definition) is 1. The maximum atomic E-state index is 13.0. The number of methoxy groups -OCH3 is 1. The second-order valence-corrected chi connectivity index (χ2v) is 8.04. The number of aryl methyl sites for hydroxylation is 1. The smallest absolute Gasteiger partial charge is 0.295 e. The number of carbonyl (C=O) groups is 2. The highest BCUT2D eigenvalue weighted by Crippen LogP contribution is 2.40. The molecule has 6 nitrogen and oxygen atoms in total. The fraction of sp³-hybridized carbons (Fsp3) is 0.360. The van der Waals surface area contributed by atoms with Crippen molar-refractivity contribution in [3.05, 3.63) is 70.3 Å². The van der Waals surface area contributed by atoms with E-state index in [0.29, 0.717) is 12.2 Å². The molecule has 31 heavy (non-hydrogen) atoms. The number of ketones is 1. The standard InChI is InChI=1S/C25H27NO5/c1-4-16-5-7-17(8-6-16)22-21(24(28)25(29)26(22)11-12-30-3)23(27)18-9-10-20-19(14-18)13-15(2)31-20/h5-10,14-15,22,27H,4,11-13H2,1-3H3/t15-,22+/m0/s1. The maximum absolute atomic E-state index is 13.0. The second kappa shape index (κ2) is 8.55. The lowest BCUT2D eigenvalue weighted by atomic mass is 9.93. The van der Waals surface area contributed by atoms with Gasteiger partial charge in [0.25, 0.3) is 11.7 Å². The minimum Gasteiger partial charge on any atom is -0.507 e. The number of carbonyl (C=O) groups excluding carboxylic acids is 2. The molecule has 162 valence electrons. The highest BCUT2D eigenvalue weighted by atomic mass is 16.5. The molecule has 1 N–H and O–H groups in total. The summed E-state index contributed by atoms with van der Waals surface area (Å²) in [5.74, 6) is -0.675. The number of benzene rings is 2. The van der Waals surface area contributed by atoms with Gasteiger partial charge in [-0.25, -0.2) is 0 Å². The number of ether oxygens (including phenoxy) is 2. The minimum atomic E-state index is -0.678. The first-order valence-electron chi connectivity index (χ1n) is 10.6. The van der Waals surface area contributed by atoms with Gasteiger partial charge in [-0.15, -0.1) is 0 Å². The number of nitrogens with zero attached hydrogens (tertiary/aromatic N) is 1. The lowest BCUT2D eigenvalue weighted by molar-refractivity contribution is -0.140. The molecule has 1 saturated heterocycles. The molecule has 0 saturated carbocycles. The molecule has 0 unspecified atom stereocenters. The van der Waals surface area contributed by atoms with Crippen LogP contribution in [-0.4, -0.2) is 48.1 Å². The minimum absolute atomic E-state index is 0.0732. The van der Waals surface area contributed by atoms with Gasteiger partial charge in [0.05, 0.1) is 18.2 Å². The van der Waals surface area contributed by atoms with Crippen molar-refractivity contribution in [3.63, 3.8) is 0 Å². The van der Waals surface area contributed by atoms with E-state index in [1.165, 1.54) is 4.90 Å². The van der Waals surface area contributed by atoms with E-state index in [2.05, 4.69) is 6.92 Å². The van der Waals surface area contributed by atoms with E-state index in [1.54, 1.807) is 19.2 Å². The van der Waals surface area contributed by atoms with E-state index in [1.807, 2.05) is 37.3 Å². The number of fused-ring (bicyclic) bond motifs is 1. The van der Waals surface area contributed by atoms with Crippen LogP contribution in [0.2, 0.25) is 0 Å². The van der Waals surface area contributed by atoms with Gasteiger partial charge in [0.15, 0.2) is 0 Å². The second-order valence-electron chi connectivity index (χ2n) is 8.04. The van der Waals surface area contributed by atoms with E-state index in [9.17, 15) is 14.7 Å². The first-order chi connectivity index (χ1) is 14.9. The van der Waals surface area contributed by atoms with Gasteiger partial charge in [0, 0.05) is 25.6 Å². The SMILES string of the molecule is CCc1ccc([C@@H]2C(=C(O)c3ccc4c(c3)C[C@H](C)O4)C(=O)C(=O)N2CCOC)cc1. The zero-order valence-corrected chi connectivity index (χ0v) is 18.1. The van der Waals surface area contributed by atoms with Crippen molar-refractivity contribution < 1.29 is 24.2 Å². The number of Topliss-reactive ketones (excluding diaryl/α,β-unsaturated/α-hetero) is 1. The van der Waals surface area contributed by atoms with Crippen molar-refractivity contribution in [1.29, 1.82) is 0 Å². The van der Waals surface area contributed by atoms with Gasteiger partial charge in [-0.2, -0.15) is 0 Å². The molecule has 4 rings (SSSR count). The molecule has 2 aliphatic heterocycles. The normalized spacial score (nSPS) is 22.0. The Hall–Kier alpha value is -3.12. The molecule has 2 aliphatic rings. The number of aliphatic hydroxyl groups excluding tert-OH is 1. The first-order valence-corrected chi connectivity index (χ1v) is 10.6. The third-order valence-corrected chi connectivity index (χ3v) is 5.95. The average Bonchev–Trinajstić information content (AvgIpc) is 3.27. The lowest BCUT2D eigenvalue weighted by Gasteiger charge is -2.25. The Morgan fingerprint density at radius 3 is 2.61 bits per heavy atom. The Labute approximate surface area is 182 Å². The number of rotatable bonds is 6. The monoisotopic (exact) mass is 421 g/mol. The van der Waals surface area contributed by atoms with Crippen molar-refractivity contribution in [2.24, 2.45) is 0 Å². The molecule has 1 fully saturated rings. The summed E-state index contributed by atoms with van der Waals surface area (Å²) >= 11 is 0. The zero-order chi connectivity index (χ0) is 22.1. The van der Waals surface area contributed by atoms with Crippen LogP contribution in [0.1, 0.15) is 42.1 Å². The highest BCUT2D eigenvalue weighted by Gasteiger charge is 2.45. The van der Waals surface area contributed by atoms with Crippen LogP contribution >= 0.6 is 0 Å². The highest BCUT2D eigenvalue weighted by molar-refractivity contribution is 6.46. The fourth-order valence-electron chi connectivity index (χ4n) is 4.31. The van der Waals surface area contributed by atoms with E-state index in [-0.39, 0.29) is 24.0 Å². The Balaban J connectivity index is 1.81. The number of amides is 1. The van der Waals surface area contributed by atoms with E-state index in [4.69, 9.17) is 9.47 Å². The average molecular weight is 421 g/mol. The summed E-state index contributed by atoms with van der Waals surface area (Å²) in [7, 11) is 1.55. The molecule has 2 atom stereocenters. The van der Waals surface area contributed by atoms with E-state index >= 15 is 0 Å². The van der Waals surface area contributed by atoms with Gasteiger partial charge in [-0.1, -0.05) is 31.2 Å². The Morgan fingerprint density at radius 1 is 1.19 bits per heavy atom. The largest absolute Gasteiger partial charge is 0.507 e. The van der Waals surface area contributed by atoms with Crippen LogP contribution in [-0.2, 0) is 27.2 Å². The van der Waals surface area contributed by atoms with Crippen LogP contribution in [0.4, 0.5) is 0 Å². The summed E-state index contributed by atoms with van der Waals surface area (Å²) in [4.78, 5) is 27.3. The molecular formula is C25H27NO5. The van der Waals surface area contributed by atoms with E-state index in [0.717, 1.165) is 35.3 Å². The predicted octanol–water partition coefficient (Wildman–Crippen LogP) is 3.64. The molecule has 1 amide bonds. The summed E-state index contributed by atoms with van der Waals surface area (Å²) < 4.78 is 10.9. The summed E-state index contributed by atoms with van der Waals surface area (Å²) in [6, 6.07) is 12.5. The third kappa shape index (κ3) is 3.83. The summed E-state index contributed by atoms with van der Waals surface area (Å²) in [6.45, 7) is 4.61. The van der Waals surface area contributed by atoms with Gasteiger partial charge in [0.1, 0.15) is 17.6 Å². The molecule has 6 heteroatoms. The van der Waals surface area contributed by atoms with Crippen molar-refractivity contribution in [1.82, 2.24) is 4.90 Å². The van der Waals surface area contributed by atoms with Crippen LogP contribution in [0, 0.1) is 0 Å². The molecule has 2 aromatic rings. The molecule has 0 aliphatic carbocycles. The molecule has 0 radical (unpaired) electrons. The van der Waals surface area contributed by atoms with Crippen molar-refractivity contribution in [3.8, 4) is 5.75 Å². The Morgan fingerprint density at radius 2 is 1.94 bits per heavy atom. The van der Waals surface area contributed by atoms with Crippen molar-refractivity contribution >= 4 is 17.4 Å². The molecule has 0 bridgehead atoms. The molecule has 0 aromatic heterocycles. The topological polar surface area (TPSA) is 76.1 Å². The van der Waals surface area contributed by atoms with Gasteiger partial charge in [-0.3, -0.25) is 9.59 Å².